The number of nitrogen functional groups attached to an aromatic ring is 2. The van der Waals surface area contributed by atoms with Crippen molar-refractivity contribution < 1.29 is 55.7 Å². The van der Waals surface area contributed by atoms with E-state index < -0.39 is 89.5 Å². The number of hydrogen-bond acceptors (Lipinski definition) is 15. The molecule has 0 aromatic carbocycles. The molecule has 0 spiro atoms. The second-order valence-electron chi connectivity index (χ2n) is 10.6. The van der Waals surface area contributed by atoms with Gasteiger partial charge in [0.1, 0.15) is 24.1 Å². The zero-order chi connectivity index (χ0) is 32.5. The first-order valence-corrected chi connectivity index (χ1v) is 16.9. The van der Waals surface area contributed by atoms with Crippen molar-refractivity contribution in [1.82, 2.24) is 34.1 Å². The number of halogens is 2. The first-order valence-electron chi connectivity index (χ1n) is 13.4. The maximum absolute atomic E-state index is 15.9. The summed E-state index contributed by atoms with van der Waals surface area (Å²) in [4.78, 5) is 52.0. The van der Waals surface area contributed by atoms with E-state index in [1.807, 2.05) is 0 Å². The van der Waals surface area contributed by atoms with Gasteiger partial charge in [-0.25, -0.2) is 23.7 Å². The van der Waals surface area contributed by atoms with Gasteiger partial charge in [0.15, 0.2) is 60.4 Å². The minimum absolute atomic E-state index is 0.103. The van der Waals surface area contributed by atoms with E-state index in [2.05, 4.69) is 24.9 Å². The van der Waals surface area contributed by atoms with Crippen LogP contribution in [0, 0.1) is 0 Å². The van der Waals surface area contributed by atoms with Gasteiger partial charge in [0, 0.05) is 6.20 Å². The Hall–Kier alpha value is -3.43. The van der Waals surface area contributed by atoms with E-state index in [1.54, 1.807) is 0 Å². The van der Waals surface area contributed by atoms with Gasteiger partial charge in [-0.2, -0.15) is 4.98 Å². The molecule has 24 heteroatoms. The number of aromatic amines is 1. The highest BCUT2D eigenvalue weighted by Gasteiger charge is 2.54. The Bertz CT molecular complexity index is 1960. The number of fused-ring (bicyclic) bond motifs is 5. The summed E-state index contributed by atoms with van der Waals surface area (Å²) in [5.41, 5.74) is 11.0. The number of imidazole rings is 2. The lowest BCUT2D eigenvalue weighted by Crippen LogP contribution is -2.35. The van der Waals surface area contributed by atoms with Gasteiger partial charge in [-0.1, -0.05) is 0 Å². The van der Waals surface area contributed by atoms with E-state index in [0.29, 0.717) is 0 Å². The zero-order valence-corrected chi connectivity index (χ0v) is 24.9. The quantitative estimate of drug-likeness (QED) is 0.176. The molecule has 0 radical (unpaired) electrons. The van der Waals surface area contributed by atoms with Gasteiger partial charge in [-0.05, 0) is 6.07 Å². The molecule has 0 amide bonds. The molecule has 3 saturated heterocycles. The fourth-order valence-corrected chi connectivity index (χ4v) is 7.38. The highest BCUT2D eigenvalue weighted by Crippen LogP contribution is 2.53. The fraction of sp³-hybridized carbons (Fsp3) is 0.500. The van der Waals surface area contributed by atoms with Crippen molar-refractivity contribution in [1.29, 1.82) is 0 Å². The molecule has 7 N–H and O–H groups in total. The van der Waals surface area contributed by atoms with Crippen LogP contribution in [0.5, 0.6) is 0 Å². The van der Waals surface area contributed by atoms with Crippen molar-refractivity contribution >= 4 is 49.2 Å². The first-order chi connectivity index (χ1) is 21.8. The van der Waals surface area contributed by atoms with Crippen LogP contribution in [0.4, 0.5) is 20.4 Å². The molecule has 4 aromatic rings. The van der Waals surface area contributed by atoms with E-state index in [4.69, 9.17) is 39.5 Å². The summed E-state index contributed by atoms with van der Waals surface area (Å²) in [5.74, 6) is -0.303. The minimum atomic E-state index is -4.96. The molecule has 3 fully saturated rings. The van der Waals surface area contributed by atoms with Gasteiger partial charge in [-0.3, -0.25) is 37.1 Å². The van der Waals surface area contributed by atoms with Gasteiger partial charge in [0.05, 0.1) is 24.9 Å². The Kier molecular flexibility index (Phi) is 7.71. The van der Waals surface area contributed by atoms with E-state index in [-0.39, 0.29) is 34.0 Å². The largest absolute Gasteiger partial charge is 0.397 e. The molecule has 4 aromatic heterocycles. The third-order valence-electron chi connectivity index (χ3n) is 7.39. The molecule has 0 saturated carbocycles. The van der Waals surface area contributed by atoms with Crippen molar-refractivity contribution in [3.8, 4) is 0 Å². The Morgan fingerprint density at radius 1 is 0.913 bits per heavy atom. The summed E-state index contributed by atoms with van der Waals surface area (Å²) in [6, 6.07) is 1.47. The number of rotatable bonds is 2. The Morgan fingerprint density at radius 3 is 2.39 bits per heavy atom. The highest BCUT2D eigenvalue weighted by molar-refractivity contribution is 7.52. The van der Waals surface area contributed by atoms with Crippen molar-refractivity contribution in [2.45, 2.75) is 49.4 Å². The average molecular weight is 691 g/mol. The number of nitrogens with one attached hydrogen (secondary N) is 1. The number of ether oxygens (including phenoxy) is 4. The van der Waals surface area contributed by atoms with Gasteiger partial charge >= 0.3 is 15.2 Å². The summed E-state index contributed by atoms with van der Waals surface area (Å²) < 4.78 is 92.6. The molecule has 248 valence electrons. The molecule has 7 heterocycles. The number of pyridine rings is 1. The average Bonchev–Trinajstić information content (AvgIpc) is 3.74. The number of aromatic nitrogens is 7. The number of nitrogens with zero attached hydrogens (tertiary/aromatic N) is 6. The second kappa shape index (κ2) is 11.4. The topological polar surface area (TPSA) is 276 Å². The van der Waals surface area contributed by atoms with Crippen LogP contribution in [-0.2, 0) is 37.1 Å². The van der Waals surface area contributed by atoms with Gasteiger partial charge in [-0.15, -0.1) is 0 Å². The smallest absolute Gasteiger partial charge is 0.354 e. The Balaban J connectivity index is 1.20. The lowest BCUT2D eigenvalue weighted by atomic mass is 10.1. The molecule has 3 aliphatic rings. The third kappa shape index (κ3) is 5.49. The maximum atomic E-state index is 15.9. The van der Waals surface area contributed by atoms with Crippen LogP contribution < -0.4 is 17.0 Å². The summed E-state index contributed by atoms with van der Waals surface area (Å²) in [6.07, 6.45) is -13.4. The number of nitrogens with two attached hydrogens (primary N) is 2. The molecule has 10 atom stereocenters. The summed E-state index contributed by atoms with van der Waals surface area (Å²) in [7, 11) is -9.77. The fourth-order valence-electron chi connectivity index (χ4n) is 5.39. The monoisotopic (exact) mass is 691 g/mol. The van der Waals surface area contributed by atoms with Gasteiger partial charge in [0.2, 0.25) is 5.95 Å². The standard InChI is InChI=1S/C22H25F2N9O11P2/c23-10-9-3-39-6-45(35,36)44-15-11(24)19(32-4-28-12-8(25)1-2-27-16(12)32)42-21(15)40-7-46(37,38)43-14(10)20(41-9)33-5-29-13-17(33)30-22(26)31-18(13)34/h1-2,4-5,9-11,14-15,19-21H,3,6-7H2,(H2,25,27)(H,35,36)(H,37,38)(H3,26,30,31,34)/t9-,10?,11+,14+,15?,19-,20-,21+/m1/s1. The minimum Gasteiger partial charge on any atom is -0.397 e. The predicted molar refractivity (Wildman–Crippen MR) is 148 cm³/mol. The normalized spacial score (nSPS) is 37.4. The number of anilines is 2. The molecule has 4 unspecified atom stereocenters. The number of hydrogen-bond donors (Lipinski definition) is 5. The van der Waals surface area contributed by atoms with Crippen LogP contribution in [0.15, 0.2) is 29.7 Å². The van der Waals surface area contributed by atoms with Crippen LogP contribution in [0.1, 0.15) is 12.5 Å². The highest BCUT2D eigenvalue weighted by atomic mass is 31.2. The van der Waals surface area contributed by atoms with E-state index in [0.717, 1.165) is 15.5 Å². The van der Waals surface area contributed by atoms with E-state index in [1.165, 1.54) is 18.6 Å². The second-order valence-corrected chi connectivity index (χ2v) is 14.0. The molecule has 0 aliphatic carbocycles. The van der Waals surface area contributed by atoms with Crippen LogP contribution in [0.2, 0.25) is 0 Å². The van der Waals surface area contributed by atoms with Crippen molar-refractivity contribution in [3.63, 3.8) is 0 Å². The van der Waals surface area contributed by atoms with Crippen LogP contribution in [0.3, 0.4) is 0 Å². The molecule has 46 heavy (non-hydrogen) atoms. The lowest BCUT2D eigenvalue weighted by Gasteiger charge is -2.26. The zero-order valence-electron chi connectivity index (χ0n) is 23.1. The first kappa shape index (κ1) is 31.2. The molecule has 3 aliphatic heterocycles. The van der Waals surface area contributed by atoms with Crippen molar-refractivity contribution in [2.75, 3.05) is 30.8 Å². The number of alkyl halides is 2. The van der Waals surface area contributed by atoms with Crippen LogP contribution in [0.25, 0.3) is 22.3 Å². The Morgan fingerprint density at radius 2 is 1.61 bits per heavy atom. The SMILES string of the molecule is Nc1nc2c(ncn2[C@@H]2O[C@@H]3COCP(=O)(O)OC4[C@@H](OCP(=O)(O)O[C@H]2C3F)O[C@@H](n2cnc3c(N)ccnc32)[C@H]4F)c(=O)[nH]1. The van der Waals surface area contributed by atoms with E-state index in [9.17, 15) is 23.7 Å². The molecular weight excluding hydrogens is 666 g/mol. The molecule has 2 bridgehead atoms. The summed E-state index contributed by atoms with van der Waals surface area (Å²) >= 11 is 0. The summed E-state index contributed by atoms with van der Waals surface area (Å²) in [5, 5.41) is 0. The Labute approximate surface area is 254 Å². The third-order valence-corrected chi connectivity index (χ3v) is 9.52. The number of H-pyrrole nitrogens is 1. The molecular formula is C22H25F2N9O11P2. The van der Waals surface area contributed by atoms with Crippen LogP contribution >= 0.6 is 15.2 Å². The van der Waals surface area contributed by atoms with Gasteiger partial charge < -0.3 is 40.2 Å². The lowest BCUT2D eigenvalue weighted by molar-refractivity contribution is -0.165. The van der Waals surface area contributed by atoms with Crippen LogP contribution in [-0.4, -0.2) is 100 Å². The predicted octanol–water partition coefficient (Wildman–Crippen LogP) is 0.260. The summed E-state index contributed by atoms with van der Waals surface area (Å²) in [6.45, 7) is -0.680. The van der Waals surface area contributed by atoms with Crippen molar-refractivity contribution in [2.24, 2.45) is 0 Å². The van der Waals surface area contributed by atoms with Gasteiger partial charge in [0.25, 0.3) is 5.56 Å². The maximum Gasteiger partial charge on any atom is 0.354 e. The van der Waals surface area contributed by atoms with Crippen molar-refractivity contribution in [3.05, 3.63) is 35.3 Å². The molecule has 7 rings (SSSR count). The molecule has 20 nitrogen and oxygen atoms in total. The van der Waals surface area contributed by atoms with E-state index >= 15 is 8.78 Å².